The first-order valence-corrected chi connectivity index (χ1v) is 6.71. The van der Waals surface area contributed by atoms with Gasteiger partial charge in [-0.2, -0.15) is 0 Å². The Hall–Kier alpha value is -0.580. The van der Waals surface area contributed by atoms with Gasteiger partial charge in [0.25, 0.3) is 0 Å². The summed E-state index contributed by atoms with van der Waals surface area (Å²) in [5, 5.41) is 3.35. The first-order chi connectivity index (χ1) is 7.86. The highest BCUT2D eigenvalue weighted by molar-refractivity contribution is 8.01. The SMILES string of the molecule is c1ccc(COC2CSC3(CNC3)C2)nc1. The van der Waals surface area contributed by atoms with Crippen molar-refractivity contribution in [2.45, 2.75) is 23.9 Å². The smallest absolute Gasteiger partial charge is 0.0892 e. The maximum Gasteiger partial charge on any atom is 0.0892 e. The van der Waals surface area contributed by atoms with Crippen LogP contribution in [0.4, 0.5) is 0 Å². The molecule has 2 saturated heterocycles. The van der Waals surface area contributed by atoms with Crippen molar-refractivity contribution >= 4 is 11.8 Å². The van der Waals surface area contributed by atoms with Crippen LogP contribution in [0.15, 0.2) is 24.4 Å². The van der Waals surface area contributed by atoms with Gasteiger partial charge in [0, 0.05) is 29.8 Å². The fourth-order valence-electron chi connectivity index (χ4n) is 2.25. The Labute approximate surface area is 100.0 Å². The molecule has 4 heteroatoms. The molecule has 1 N–H and O–H groups in total. The Morgan fingerprint density at radius 2 is 2.44 bits per heavy atom. The van der Waals surface area contributed by atoms with E-state index in [2.05, 4.69) is 22.1 Å². The molecule has 2 aliphatic rings. The maximum atomic E-state index is 5.91. The quantitative estimate of drug-likeness (QED) is 0.861. The lowest BCUT2D eigenvalue weighted by Gasteiger charge is -2.38. The number of rotatable bonds is 3. The molecule has 1 atom stereocenters. The Morgan fingerprint density at radius 3 is 3.06 bits per heavy atom. The van der Waals surface area contributed by atoms with E-state index in [9.17, 15) is 0 Å². The molecule has 0 amide bonds. The van der Waals surface area contributed by atoms with Gasteiger partial charge in [0.15, 0.2) is 0 Å². The van der Waals surface area contributed by atoms with Gasteiger partial charge in [-0.25, -0.2) is 0 Å². The topological polar surface area (TPSA) is 34.1 Å². The van der Waals surface area contributed by atoms with Crippen molar-refractivity contribution in [3.8, 4) is 0 Å². The summed E-state index contributed by atoms with van der Waals surface area (Å²) in [7, 11) is 0. The Bertz CT molecular complexity index is 353. The minimum atomic E-state index is 0.411. The molecule has 0 radical (unpaired) electrons. The summed E-state index contributed by atoms with van der Waals surface area (Å²) >= 11 is 2.07. The summed E-state index contributed by atoms with van der Waals surface area (Å²) in [4.78, 5) is 4.27. The molecule has 1 spiro atoms. The van der Waals surface area contributed by atoms with E-state index in [1.54, 1.807) is 0 Å². The molecule has 1 aromatic rings. The number of pyridine rings is 1. The van der Waals surface area contributed by atoms with Gasteiger partial charge < -0.3 is 10.1 Å². The molecule has 3 nitrogen and oxygen atoms in total. The zero-order valence-electron chi connectivity index (χ0n) is 9.19. The molecule has 3 rings (SSSR count). The van der Waals surface area contributed by atoms with Crippen LogP contribution < -0.4 is 5.32 Å². The highest BCUT2D eigenvalue weighted by atomic mass is 32.2. The number of ether oxygens (including phenoxy) is 1. The van der Waals surface area contributed by atoms with Gasteiger partial charge in [-0.05, 0) is 18.6 Å². The average Bonchev–Trinajstić information content (AvgIpc) is 2.72. The molecule has 1 aromatic heterocycles. The Balaban J connectivity index is 1.50. The molecule has 3 heterocycles. The second kappa shape index (κ2) is 4.35. The van der Waals surface area contributed by atoms with E-state index in [0.29, 0.717) is 17.5 Å². The van der Waals surface area contributed by atoms with Crippen molar-refractivity contribution < 1.29 is 4.74 Å². The van der Waals surface area contributed by atoms with Crippen LogP contribution in [0.2, 0.25) is 0 Å². The van der Waals surface area contributed by atoms with Crippen LogP contribution in [0.25, 0.3) is 0 Å². The highest BCUT2D eigenvalue weighted by Gasteiger charge is 2.44. The van der Waals surface area contributed by atoms with Crippen molar-refractivity contribution in [2.24, 2.45) is 0 Å². The Morgan fingerprint density at radius 1 is 1.50 bits per heavy atom. The van der Waals surface area contributed by atoms with Crippen molar-refractivity contribution in [3.05, 3.63) is 30.1 Å². The predicted molar refractivity (Wildman–Crippen MR) is 65.5 cm³/mol. The van der Waals surface area contributed by atoms with Crippen molar-refractivity contribution in [1.29, 1.82) is 0 Å². The van der Waals surface area contributed by atoms with Gasteiger partial charge >= 0.3 is 0 Å². The minimum Gasteiger partial charge on any atom is -0.371 e. The molecule has 2 fully saturated rings. The third kappa shape index (κ3) is 2.10. The molecule has 1 unspecified atom stereocenters. The first-order valence-electron chi connectivity index (χ1n) is 5.73. The molecule has 16 heavy (non-hydrogen) atoms. The molecule has 0 saturated carbocycles. The third-order valence-electron chi connectivity index (χ3n) is 3.26. The third-order valence-corrected chi connectivity index (χ3v) is 4.87. The number of nitrogens with zero attached hydrogens (tertiary/aromatic N) is 1. The van der Waals surface area contributed by atoms with Crippen LogP contribution in [-0.4, -0.2) is 34.7 Å². The lowest BCUT2D eigenvalue weighted by Crippen LogP contribution is -2.56. The summed E-state index contributed by atoms with van der Waals surface area (Å²) in [6.45, 7) is 2.96. The van der Waals surface area contributed by atoms with Crippen LogP contribution in [0, 0.1) is 0 Å². The largest absolute Gasteiger partial charge is 0.371 e. The van der Waals surface area contributed by atoms with E-state index in [0.717, 1.165) is 24.5 Å². The lowest BCUT2D eigenvalue weighted by molar-refractivity contribution is 0.0442. The van der Waals surface area contributed by atoms with E-state index >= 15 is 0 Å². The van der Waals surface area contributed by atoms with Gasteiger partial charge in [-0.3, -0.25) is 4.98 Å². The van der Waals surface area contributed by atoms with Crippen molar-refractivity contribution in [2.75, 3.05) is 18.8 Å². The van der Waals surface area contributed by atoms with Gasteiger partial charge in [0.1, 0.15) is 0 Å². The summed E-state index contributed by atoms with van der Waals surface area (Å²) in [6.07, 6.45) is 3.42. The molecular formula is C12H16N2OS. The molecule has 86 valence electrons. The number of aromatic nitrogens is 1. The molecule has 0 aliphatic carbocycles. The zero-order chi connectivity index (χ0) is 10.8. The summed E-state index contributed by atoms with van der Waals surface area (Å²) in [5.74, 6) is 1.13. The van der Waals surface area contributed by atoms with E-state index in [-0.39, 0.29) is 0 Å². The number of nitrogens with one attached hydrogen (secondary N) is 1. The monoisotopic (exact) mass is 236 g/mol. The first kappa shape index (κ1) is 10.6. The number of hydrogen-bond donors (Lipinski definition) is 1. The molecular weight excluding hydrogens is 220 g/mol. The lowest BCUT2D eigenvalue weighted by atomic mass is 9.96. The summed E-state index contributed by atoms with van der Waals surface area (Å²) in [5.41, 5.74) is 1.03. The number of hydrogen-bond acceptors (Lipinski definition) is 4. The standard InChI is InChI=1S/C12H16N2OS/c1-2-4-14-10(3-1)6-15-11-5-12(16-7-11)8-13-9-12/h1-4,11,13H,5-9H2. The Kier molecular flexibility index (Phi) is 2.88. The highest BCUT2D eigenvalue weighted by Crippen LogP contribution is 2.42. The molecule has 2 aliphatic heterocycles. The van der Waals surface area contributed by atoms with Gasteiger partial charge in [0.2, 0.25) is 0 Å². The normalized spacial score (nSPS) is 26.9. The number of thioether (sulfide) groups is 1. The predicted octanol–water partition coefficient (Wildman–Crippen LogP) is 1.45. The second-order valence-corrected chi connectivity index (χ2v) is 6.04. The van der Waals surface area contributed by atoms with E-state index in [4.69, 9.17) is 4.74 Å². The summed E-state index contributed by atoms with van der Waals surface area (Å²) in [6, 6.07) is 5.96. The second-order valence-electron chi connectivity index (χ2n) is 4.56. The van der Waals surface area contributed by atoms with Crippen LogP contribution in [0.5, 0.6) is 0 Å². The van der Waals surface area contributed by atoms with Crippen molar-refractivity contribution in [3.63, 3.8) is 0 Å². The maximum absolute atomic E-state index is 5.91. The molecule has 0 aromatic carbocycles. The van der Waals surface area contributed by atoms with Crippen molar-refractivity contribution in [1.82, 2.24) is 10.3 Å². The van der Waals surface area contributed by atoms with Gasteiger partial charge in [-0.1, -0.05) is 6.07 Å². The van der Waals surface area contributed by atoms with Gasteiger partial charge in [0.05, 0.1) is 18.4 Å². The van der Waals surface area contributed by atoms with Crippen LogP contribution >= 0.6 is 11.8 Å². The van der Waals surface area contributed by atoms with Crippen LogP contribution in [-0.2, 0) is 11.3 Å². The fraction of sp³-hybridized carbons (Fsp3) is 0.583. The molecule has 0 bridgehead atoms. The summed E-state index contributed by atoms with van der Waals surface area (Å²) < 4.78 is 6.40. The van der Waals surface area contributed by atoms with E-state index < -0.39 is 0 Å². The van der Waals surface area contributed by atoms with E-state index in [1.807, 2.05) is 24.4 Å². The van der Waals surface area contributed by atoms with Crippen LogP contribution in [0.3, 0.4) is 0 Å². The zero-order valence-corrected chi connectivity index (χ0v) is 10.0. The minimum absolute atomic E-state index is 0.411. The van der Waals surface area contributed by atoms with Crippen LogP contribution in [0.1, 0.15) is 12.1 Å². The average molecular weight is 236 g/mol. The van der Waals surface area contributed by atoms with E-state index in [1.165, 1.54) is 6.42 Å². The fourth-order valence-corrected chi connectivity index (χ4v) is 3.71. The van der Waals surface area contributed by atoms with Gasteiger partial charge in [-0.15, -0.1) is 11.8 Å².